The minimum absolute atomic E-state index is 0.548. The van der Waals surface area contributed by atoms with Crippen molar-refractivity contribution in [1.82, 2.24) is 0 Å². The molecule has 0 aromatic heterocycles. The molecule has 0 atom stereocenters. The SMILES string of the molecule is IC1=CC=[CH][In]=[N]1. The van der Waals surface area contributed by atoms with Gasteiger partial charge in [-0.05, 0) is 0 Å². The van der Waals surface area contributed by atoms with Gasteiger partial charge in [0.15, 0.2) is 0 Å². The molecule has 0 radical (unpaired) electrons. The Morgan fingerprint density at radius 2 is 2.57 bits per heavy atom. The van der Waals surface area contributed by atoms with Crippen LogP contribution in [0.1, 0.15) is 0 Å². The zero-order valence-electron chi connectivity index (χ0n) is 3.63. The van der Waals surface area contributed by atoms with Crippen LogP contribution in [0.3, 0.4) is 0 Å². The average Bonchev–Trinajstić information content (AvgIpc) is 1.69. The molecule has 0 aliphatic carbocycles. The Balaban J connectivity index is 2.82. The van der Waals surface area contributed by atoms with Gasteiger partial charge in [-0.2, -0.15) is 0 Å². The van der Waals surface area contributed by atoms with E-state index in [2.05, 4.69) is 35.4 Å². The number of nitrogens with zero attached hydrogens (tertiary/aromatic N) is 1. The van der Waals surface area contributed by atoms with Crippen LogP contribution in [0.5, 0.6) is 0 Å². The summed E-state index contributed by atoms with van der Waals surface area (Å²) in [7, 11) is 0. The summed E-state index contributed by atoms with van der Waals surface area (Å²) < 4.78 is 7.68. The van der Waals surface area contributed by atoms with Crippen molar-refractivity contribution in [3.8, 4) is 0 Å². The van der Waals surface area contributed by atoms with E-state index in [1.807, 2.05) is 6.08 Å². The summed E-state index contributed by atoms with van der Waals surface area (Å²) in [6.45, 7) is 0. The molecule has 0 spiro atoms. The topological polar surface area (TPSA) is 12.4 Å². The fourth-order valence-electron chi connectivity index (χ4n) is 0.342. The Hall–Kier alpha value is 0.880. The van der Waals surface area contributed by atoms with Crippen LogP contribution in [0.25, 0.3) is 0 Å². The van der Waals surface area contributed by atoms with Crippen LogP contribution in [-0.4, -0.2) is 22.7 Å². The zero-order chi connectivity index (χ0) is 5.11. The molecule has 0 N–H and O–H groups in total. The number of rotatable bonds is 0. The van der Waals surface area contributed by atoms with Crippen molar-refractivity contribution in [3.63, 3.8) is 0 Å². The molecule has 0 saturated heterocycles. The van der Waals surface area contributed by atoms with Gasteiger partial charge in [-0.25, -0.2) is 0 Å². The van der Waals surface area contributed by atoms with E-state index in [0.717, 1.165) is 0 Å². The Bertz CT molecular complexity index is 148. The van der Waals surface area contributed by atoms with Crippen molar-refractivity contribution in [3.05, 3.63) is 19.7 Å². The van der Waals surface area contributed by atoms with E-state index in [-0.39, 0.29) is 0 Å². The number of hydrogen-bond donors (Lipinski definition) is 0. The van der Waals surface area contributed by atoms with E-state index in [9.17, 15) is 0 Å². The predicted octanol–water partition coefficient (Wildman–Crippen LogP) is 1.68. The number of allylic oxidation sites excluding steroid dienone is 2. The van der Waals surface area contributed by atoms with Gasteiger partial charge in [-0.1, -0.05) is 0 Å². The molecule has 0 bridgehead atoms. The van der Waals surface area contributed by atoms with E-state index in [0.29, 0.717) is 0 Å². The van der Waals surface area contributed by atoms with E-state index in [1.165, 1.54) is 3.70 Å². The second-order valence-corrected chi connectivity index (χ2v) is 4.94. The maximum absolute atomic E-state index is 4.28. The fraction of sp³-hybridized carbons (Fsp3) is 0. The third-order valence-corrected chi connectivity index (χ3v) is 5.11. The molecular formula is C4H3IInN. The molecule has 0 saturated carbocycles. The van der Waals surface area contributed by atoms with Crippen LogP contribution in [-0.2, 0) is 0 Å². The van der Waals surface area contributed by atoms with Gasteiger partial charge in [-0.3, -0.25) is 0 Å². The van der Waals surface area contributed by atoms with Crippen molar-refractivity contribution >= 4 is 45.3 Å². The summed E-state index contributed by atoms with van der Waals surface area (Å²) in [4.78, 5) is 0. The second-order valence-electron chi connectivity index (χ2n) is 1.15. The van der Waals surface area contributed by atoms with E-state index in [1.54, 1.807) is 0 Å². The molecule has 34 valence electrons. The van der Waals surface area contributed by atoms with Crippen LogP contribution >= 0.6 is 22.6 Å². The van der Waals surface area contributed by atoms with Gasteiger partial charge in [0.05, 0.1) is 0 Å². The molecule has 1 rings (SSSR count). The van der Waals surface area contributed by atoms with Gasteiger partial charge in [0, 0.05) is 0 Å². The predicted molar refractivity (Wildman–Crippen MR) is 39.4 cm³/mol. The van der Waals surface area contributed by atoms with Gasteiger partial charge in [0.2, 0.25) is 0 Å². The van der Waals surface area contributed by atoms with Crippen LogP contribution < -0.4 is 0 Å². The molecule has 0 amide bonds. The molecule has 0 fully saturated rings. The standard InChI is InChI=1S/C4H3IN.In/c1-2-3-4(5)6;/h1-3H;. The second kappa shape index (κ2) is 3.02. The molecule has 0 aromatic rings. The molecule has 1 aliphatic heterocycles. The Morgan fingerprint density at radius 1 is 1.71 bits per heavy atom. The van der Waals surface area contributed by atoms with Crippen molar-refractivity contribution < 1.29 is 0 Å². The van der Waals surface area contributed by atoms with Crippen LogP contribution in [0.2, 0.25) is 0 Å². The summed E-state index contributed by atoms with van der Waals surface area (Å²) in [5.41, 5.74) is 0. The van der Waals surface area contributed by atoms with Crippen molar-refractivity contribution in [1.29, 1.82) is 0 Å². The fourth-order valence-corrected chi connectivity index (χ4v) is 3.13. The van der Waals surface area contributed by atoms with Gasteiger partial charge in [-0.15, -0.1) is 0 Å². The molecule has 1 nitrogen and oxygen atoms in total. The summed E-state index contributed by atoms with van der Waals surface area (Å²) in [5.74, 6) is 0. The average molecular weight is 307 g/mol. The molecule has 1 aliphatic rings. The number of hydrogen-bond acceptors (Lipinski definition) is 1. The van der Waals surface area contributed by atoms with Gasteiger partial charge in [0.25, 0.3) is 0 Å². The summed E-state index contributed by atoms with van der Waals surface area (Å²) in [6.07, 6.45) is 4.14. The third kappa shape index (κ3) is 2.08. The van der Waals surface area contributed by atoms with Crippen molar-refractivity contribution in [2.45, 2.75) is 0 Å². The van der Waals surface area contributed by atoms with Crippen molar-refractivity contribution in [2.24, 2.45) is 2.92 Å². The number of halogens is 1. The van der Waals surface area contributed by atoms with Crippen LogP contribution in [0.4, 0.5) is 0 Å². The summed E-state index contributed by atoms with van der Waals surface area (Å²) in [5, 5.41) is 0. The molecule has 3 heteroatoms. The monoisotopic (exact) mass is 307 g/mol. The first-order chi connectivity index (χ1) is 3.39. The Kier molecular flexibility index (Phi) is 2.59. The first-order valence-corrected chi connectivity index (χ1v) is 6.41. The first kappa shape index (κ1) is 6.01. The summed E-state index contributed by atoms with van der Waals surface area (Å²) in [6, 6.07) is 0. The quantitative estimate of drug-likeness (QED) is 0.477. The minimum atomic E-state index is -0.548. The van der Waals surface area contributed by atoms with Gasteiger partial charge >= 0.3 is 67.9 Å². The van der Waals surface area contributed by atoms with Crippen molar-refractivity contribution in [2.75, 3.05) is 0 Å². The summed E-state index contributed by atoms with van der Waals surface area (Å²) >= 11 is 1.70. The first-order valence-electron chi connectivity index (χ1n) is 1.96. The molecule has 0 aromatic carbocycles. The van der Waals surface area contributed by atoms with E-state index < -0.39 is 22.7 Å². The van der Waals surface area contributed by atoms with Crippen LogP contribution in [0, 0.1) is 0 Å². The van der Waals surface area contributed by atoms with Gasteiger partial charge < -0.3 is 0 Å². The van der Waals surface area contributed by atoms with Gasteiger partial charge in [0.1, 0.15) is 0 Å². The third-order valence-electron chi connectivity index (χ3n) is 0.629. The Labute approximate surface area is 67.3 Å². The maximum atomic E-state index is 4.28. The molecule has 1 heterocycles. The molecule has 7 heavy (non-hydrogen) atoms. The molecular weight excluding hydrogens is 304 g/mol. The zero-order valence-corrected chi connectivity index (χ0v) is 9.09. The van der Waals surface area contributed by atoms with E-state index in [4.69, 9.17) is 0 Å². The molecule has 0 unspecified atom stereocenters. The normalized spacial score (nSPS) is 15.9. The van der Waals surface area contributed by atoms with Crippen LogP contribution in [0.15, 0.2) is 22.6 Å². The van der Waals surface area contributed by atoms with E-state index >= 15 is 0 Å². The Morgan fingerprint density at radius 3 is 2.86 bits per heavy atom.